The topological polar surface area (TPSA) is 32.3 Å². The fourth-order valence-corrected chi connectivity index (χ4v) is 1.57. The summed E-state index contributed by atoms with van der Waals surface area (Å²) in [6.07, 6.45) is 0. The SMILES string of the molecule is OCc1ccc(CNc2ccc(F)c(F)c2)cc1. The lowest BCUT2D eigenvalue weighted by atomic mass is 10.1. The van der Waals surface area contributed by atoms with Crippen LogP contribution in [-0.2, 0) is 13.2 Å². The minimum atomic E-state index is -0.865. The van der Waals surface area contributed by atoms with E-state index in [9.17, 15) is 8.78 Å². The largest absolute Gasteiger partial charge is 0.392 e. The molecule has 0 aliphatic heterocycles. The third kappa shape index (κ3) is 3.05. The van der Waals surface area contributed by atoms with Crippen molar-refractivity contribution in [1.29, 1.82) is 0 Å². The molecule has 0 aliphatic rings. The molecule has 4 heteroatoms. The zero-order valence-electron chi connectivity index (χ0n) is 9.66. The minimum absolute atomic E-state index is 0.0108. The Kier molecular flexibility index (Phi) is 3.89. The first-order chi connectivity index (χ1) is 8.69. The Morgan fingerprint density at radius 2 is 1.56 bits per heavy atom. The number of aliphatic hydroxyl groups excluding tert-OH is 1. The lowest BCUT2D eigenvalue weighted by Crippen LogP contribution is -2.00. The summed E-state index contributed by atoms with van der Waals surface area (Å²) in [4.78, 5) is 0. The molecular weight excluding hydrogens is 236 g/mol. The molecule has 0 spiro atoms. The van der Waals surface area contributed by atoms with E-state index in [1.807, 2.05) is 24.3 Å². The van der Waals surface area contributed by atoms with Gasteiger partial charge in [-0.3, -0.25) is 0 Å². The summed E-state index contributed by atoms with van der Waals surface area (Å²) in [5.74, 6) is -1.72. The van der Waals surface area contributed by atoms with Crippen LogP contribution in [0.15, 0.2) is 42.5 Å². The standard InChI is InChI=1S/C14H13F2NO/c15-13-6-5-12(7-14(13)16)17-8-10-1-3-11(9-18)4-2-10/h1-7,17-18H,8-9H2. The van der Waals surface area contributed by atoms with Crippen LogP contribution in [0.5, 0.6) is 0 Å². The highest BCUT2D eigenvalue weighted by atomic mass is 19.2. The molecule has 0 unspecified atom stereocenters. The van der Waals surface area contributed by atoms with E-state index in [0.29, 0.717) is 12.2 Å². The maximum absolute atomic E-state index is 13.0. The number of nitrogens with one attached hydrogen (secondary N) is 1. The van der Waals surface area contributed by atoms with E-state index in [4.69, 9.17) is 5.11 Å². The first-order valence-corrected chi connectivity index (χ1v) is 5.56. The molecule has 2 N–H and O–H groups in total. The Balaban J connectivity index is 1.99. The third-order valence-electron chi connectivity index (χ3n) is 2.62. The number of benzene rings is 2. The fourth-order valence-electron chi connectivity index (χ4n) is 1.57. The summed E-state index contributed by atoms with van der Waals surface area (Å²) in [7, 11) is 0. The van der Waals surface area contributed by atoms with E-state index in [-0.39, 0.29) is 6.61 Å². The maximum Gasteiger partial charge on any atom is 0.160 e. The second-order valence-corrected chi connectivity index (χ2v) is 3.96. The molecular formula is C14H13F2NO. The summed E-state index contributed by atoms with van der Waals surface area (Å²) < 4.78 is 25.7. The molecule has 2 nitrogen and oxygen atoms in total. The molecule has 2 aromatic rings. The van der Waals surface area contributed by atoms with Crippen LogP contribution in [0.1, 0.15) is 11.1 Å². The summed E-state index contributed by atoms with van der Waals surface area (Å²) in [5, 5.41) is 11.9. The number of hydrogen-bond donors (Lipinski definition) is 2. The van der Waals surface area contributed by atoms with E-state index in [2.05, 4.69) is 5.32 Å². The van der Waals surface area contributed by atoms with Crippen LogP contribution in [0.4, 0.5) is 14.5 Å². The van der Waals surface area contributed by atoms with Gasteiger partial charge in [0.05, 0.1) is 6.61 Å². The minimum Gasteiger partial charge on any atom is -0.392 e. The molecule has 0 radical (unpaired) electrons. The quantitative estimate of drug-likeness (QED) is 0.872. The summed E-state index contributed by atoms with van der Waals surface area (Å²) in [5.41, 5.74) is 2.36. The van der Waals surface area contributed by atoms with Gasteiger partial charge >= 0.3 is 0 Å². The zero-order chi connectivity index (χ0) is 13.0. The van der Waals surface area contributed by atoms with Crippen LogP contribution in [0.2, 0.25) is 0 Å². The molecule has 94 valence electrons. The summed E-state index contributed by atoms with van der Waals surface area (Å²) in [6.45, 7) is 0.521. The highest BCUT2D eigenvalue weighted by Gasteiger charge is 2.02. The van der Waals surface area contributed by atoms with Gasteiger partial charge in [-0.2, -0.15) is 0 Å². The predicted octanol–water partition coefficient (Wildman–Crippen LogP) is 3.07. The summed E-state index contributed by atoms with van der Waals surface area (Å²) >= 11 is 0. The monoisotopic (exact) mass is 249 g/mol. The van der Waals surface area contributed by atoms with E-state index < -0.39 is 11.6 Å². The number of halogens is 2. The van der Waals surface area contributed by atoms with Crippen molar-refractivity contribution in [2.24, 2.45) is 0 Å². The molecule has 0 amide bonds. The van der Waals surface area contributed by atoms with Gasteiger partial charge in [-0.1, -0.05) is 24.3 Å². The second kappa shape index (κ2) is 5.60. The van der Waals surface area contributed by atoms with Crippen molar-refractivity contribution in [3.8, 4) is 0 Å². The van der Waals surface area contributed by atoms with Crippen molar-refractivity contribution in [1.82, 2.24) is 0 Å². The molecule has 0 saturated carbocycles. The van der Waals surface area contributed by atoms with Crippen LogP contribution in [-0.4, -0.2) is 5.11 Å². The molecule has 0 atom stereocenters. The van der Waals surface area contributed by atoms with Crippen LogP contribution >= 0.6 is 0 Å². The Hall–Kier alpha value is -1.94. The van der Waals surface area contributed by atoms with Gasteiger partial charge < -0.3 is 10.4 Å². The molecule has 0 fully saturated rings. The smallest absolute Gasteiger partial charge is 0.160 e. The lowest BCUT2D eigenvalue weighted by molar-refractivity contribution is 0.282. The van der Waals surface area contributed by atoms with Crippen LogP contribution in [0, 0.1) is 11.6 Å². The Morgan fingerprint density at radius 1 is 0.889 bits per heavy atom. The van der Waals surface area contributed by atoms with Crippen molar-refractivity contribution in [3.63, 3.8) is 0 Å². The first kappa shape index (κ1) is 12.5. The Labute approximate surface area is 104 Å². The average Bonchev–Trinajstić information content (AvgIpc) is 2.41. The first-order valence-electron chi connectivity index (χ1n) is 5.56. The molecule has 0 aromatic heterocycles. The van der Waals surface area contributed by atoms with Crippen molar-refractivity contribution in [3.05, 3.63) is 65.2 Å². The van der Waals surface area contributed by atoms with E-state index in [1.54, 1.807) is 0 Å². The van der Waals surface area contributed by atoms with Crippen LogP contribution < -0.4 is 5.32 Å². The molecule has 2 rings (SSSR count). The molecule has 0 aliphatic carbocycles. The Bertz CT molecular complexity index is 526. The Morgan fingerprint density at radius 3 is 2.17 bits per heavy atom. The van der Waals surface area contributed by atoms with Crippen molar-refractivity contribution < 1.29 is 13.9 Å². The van der Waals surface area contributed by atoms with Crippen molar-refractivity contribution in [2.75, 3.05) is 5.32 Å². The zero-order valence-corrected chi connectivity index (χ0v) is 9.66. The molecule has 2 aromatic carbocycles. The molecule has 0 saturated heterocycles. The highest BCUT2D eigenvalue weighted by molar-refractivity contribution is 5.44. The predicted molar refractivity (Wildman–Crippen MR) is 66.0 cm³/mol. The molecule has 0 heterocycles. The maximum atomic E-state index is 13.0. The summed E-state index contributed by atoms with van der Waals surface area (Å²) in [6, 6.07) is 11.1. The fraction of sp³-hybridized carbons (Fsp3) is 0.143. The number of aliphatic hydroxyl groups is 1. The third-order valence-corrected chi connectivity index (χ3v) is 2.62. The normalized spacial score (nSPS) is 10.4. The van der Waals surface area contributed by atoms with Crippen LogP contribution in [0.25, 0.3) is 0 Å². The number of hydrogen-bond acceptors (Lipinski definition) is 2. The van der Waals surface area contributed by atoms with Gasteiger partial charge in [0.25, 0.3) is 0 Å². The van der Waals surface area contributed by atoms with Gasteiger partial charge in [0.1, 0.15) is 0 Å². The van der Waals surface area contributed by atoms with Crippen LogP contribution in [0.3, 0.4) is 0 Å². The van der Waals surface area contributed by atoms with E-state index >= 15 is 0 Å². The molecule has 18 heavy (non-hydrogen) atoms. The van der Waals surface area contributed by atoms with Gasteiger partial charge in [-0.25, -0.2) is 8.78 Å². The van der Waals surface area contributed by atoms with Gasteiger partial charge in [0.15, 0.2) is 11.6 Å². The van der Waals surface area contributed by atoms with E-state index in [1.165, 1.54) is 6.07 Å². The number of rotatable bonds is 4. The van der Waals surface area contributed by atoms with Crippen molar-refractivity contribution >= 4 is 5.69 Å². The van der Waals surface area contributed by atoms with Gasteiger partial charge in [0.2, 0.25) is 0 Å². The van der Waals surface area contributed by atoms with E-state index in [0.717, 1.165) is 23.3 Å². The average molecular weight is 249 g/mol. The number of anilines is 1. The van der Waals surface area contributed by atoms with Gasteiger partial charge in [-0.05, 0) is 23.3 Å². The lowest BCUT2D eigenvalue weighted by Gasteiger charge is -2.07. The highest BCUT2D eigenvalue weighted by Crippen LogP contribution is 2.14. The van der Waals surface area contributed by atoms with Crippen molar-refractivity contribution in [2.45, 2.75) is 13.2 Å². The molecule has 0 bridgehead atoms. The van der Waals surface area contributed by atoms with Gasteiger partial charge in [0, 0.05) is 18.3 Å². The van der Waals surface area contributed by atoms with Gasteiger partial charge in [-0.15, -0.1) is 0 Å². The second-order valence-electron chi connectivity index (χ2n) is 3.96.